The zero-order valence-electron chi connectivity index (χ0n) is 14.8. The first-order chi connectivity index (χ1) is 14.0. The molecule has 1 aromatic carbocycles. The van der Waals surface area contributed by atoms with Gasteiger partial charge in [-0.2, -0.15) is 5.10 Å². The van der Waals surface area contributed by atoms with Crippen LogP contribution in [0.4, 0.5) is 15.9 Å². The lowest BCUT2D eigenvalue weighted by molar-refractivity contribution is 0.0435. The summed E-state index contributed by atoms with van der Waals surface area (Å²) in [5.41, 5.74) is 13.1. The molecular weight excluding hydrogens is 383 g/mol. The highest BCUT2D eigenvalue weighted by molar-refractivity contribution is 6.06. The van der Waals surface area contributed by atoms with E-state index < -0.39 is 11.8 Å². The van der Waals surface area contributed by atoms with Gasteiger partial charge in [-0.1, -0.05) is 5.16 Å². The Morgan fingerprint density at radius 1 is 1.28 bits per heavy atom. The molecular formula is C18H15FN6O4. The summed E-state index contributed by atoms with van der Waals surface area (Å²) in [7, 11) is 0. The van der Waals surface area contributed by atoms with E-state index in [0.29, 0.717) is 11.1 Å². The van der Waals surface area contributed by atoms with Crippen molar-refractivity contribution in [3.63, 3.8) is 0 Å². The van der Waals surface area contributed by atoms with E-state index in [0.717, 1.165) is 6.07 Å². The van der Waals surface area contributed by atoms with Gasteiger partial charge in [-0.05, 0) is 12.1 Å². The smallest absolute Gasteiger partial charge is 0.340 e. The van der Waals surface area contributed by atoms with E-state index in [1.807, 2.05) is 0 Å². The number of aromatic amines is 1. The number of hydrogen-bond acceptors (Lipinski definition) is 9. The van der Waals surface area contributed by atoms with Crippen molar-refractivity contribution in [3.8, 4) is 22.4 Å². The molecule has 4 rings (SSSR count). The number of pyridine rings is 1. The van der Waals surface area contributed by atoms with Gasteiger partial charge in [0.05, 0.1) is 29.4 Å². The predicted molar refractivity (Wildman–Crippen MR) is 101 cm³/mol. The number of nitrogens with zero attached hydrogens (tertiary/aromatic N) is 3. The molecule has 0 fully saturated rings. The summed E-state index contributed by atoms with van der Waals surface area (Å²) >= 11 is 0. The number of rotatable bonds is 5. The molecule has 10 nitrogen and oxygen atoms in total. The van der Waals surface area contributed by atoms with Crippen molar-refractivity contribution in [2.75, 3.05) is 24.7 Å². The Hall–Kier alpha value is -3.99. The molecule has 3 aromatic heterocycles. The van der Waals surface area contributed by atoms with Crippen LogP contribution in [0.3, 0.4) is 0 Å². The Kier molecular flexibility index (Phi) is 4.56. The number of halogens is 1. The monoisotopic (exact) mass is 398 g/mol. The molecule has 0 bridgehead atoms. The molecule has 148 valence electrons. The number of carbonyl (C=O) groups is 1. The van der Waals surface area contributed by atoms with E-state index in [2.05, 4.69) is 20.3 Å². The van der Waals surface area contributed by atoms with E-state index in [4.69, 9.17) is 25.8 Å². The van der Waals surface area contributed by atoms with Crippen molar-refractivity contribution in [2.24, 2.45) is 0 Å². The minimum atomic E-state index is -0.803. The first-order valence-corrected chi connectivity index (χ1v) is 8.41. The van der Waals surface area contributed by atoms with Crippen molar-refractivity contribution in [1.82, 2.24) is 20.3 Å². The third-order valence-corrected chi connectivity index (χ3v) is 4.27. The maximum absolute atomic E-state index is 14.8. The number of benzene rings is 1. The molecule has 0 saturated carbocycles. The van der Waals surface area contributed by atoms with Crippen LogP contribution < -0.4 is 11.5 Å². The number of esters is 1. The van der Waals surface area contributed by atoms with Crippen LogP contribution in [0, 0.1) is 5.82 Å². The van der Waals surface area contributed by atoms with E-state index >= 15 is 0 Å². The van der Waals surface area contributed by atoms with Gasteiger partial charge in [-0.3, -0.25) is 10.1 Å². The second-order valence-corrected chi connectivity index (χ2v) is 6.06. The number of aromatic nitrogens is 4. The summed E-state index contributed by atoms with van der Waals surface area (Å²) in [5.74, 6) is -1.51. The fraction of sp³-hybridized carbons (Fsp3) is 0.111. The fourth-order valence-electron chi connectivity index (χ4n) is 2.94. The van der Waals surface area contributed by atoms with Crippen LogP contribution in [-0.4, -0.2) is 44.6 Å². The van der Waals surface area contributed by atoms with Crippen molar-refractivity contribution in [2.45, 2.75) is 0 Å². The van der Waals surface area contributed by atoms with Gasteiger partial charge in [-0.25, -0.2) is 9.18 Å². The van der Waals surface area contributed by atoms with Gasteiger partial charge in [0.15, 0.2) is 11.4 Å². The van der Waals surface area contributed by atoms with Crippen LogP contribution in [0.15, 0.2) is 35.2 Å². The minimum Gasteiger partial charge on any atom is -0.460 e. The van der Waals surface area contributed by atoms with E-state index in [9.17, 15) is 9.18 Å². The number of H-pyrrole nitrogens is 1. The van der Waals surface area contributed by atoms with Gasteiger partial charge in [0.25, 0.3) is 0 Å². The molecule has 0 atom stereocenters. The normalized spacial score (nSPS) is 11.1. The van der Waals surface area contributed by atoms with E-state index in [-0.39, 0.29) is 52.5 Å². The van der Waals surface area contributed by atoms with Crippen LogP contribution >= 0.6 is 0 Å². The summed E-state index contributed by atoms with van der Waals surface area (Å²) in [5, 5.41) is 19.4. The van der Waals surface area contributed by atoms with Gasteiger partial charge >= 0.3 is 5.97 Å². The predicted octanol–water partition coefficient (Wildman–Crippen LogP) is 1.73. The number of carbonyl (C=O) groups excluding carboxylic acids is 1. The Morgan fingerprint density at radius 3 is 2.83 bits per heavy atom. The summed E-state index contributed by atoms with van der Waals surface area (Å²) in [6.45, 7) is -0.569. The number of nitrogens with two attached hydrogens (primary N) is 2. The number of fused-ring (bicyclic) bond motifs is 1. The molecule has 0 radical (unpaired) electrons. The summed E-state index contributed by atoms with van der Waals surface area (Å²) < 4.78 is 25.0. The Labute approximate surface area is 162 Å². The lowest BCUT2D eigenvalue weighted by atomic mass is 10.0. The zero-order chi connectivity index (χ0) is 20.5. The standard InChI is InChI=1S/C18H15FN6O4/c19-12-4-13(20)10(18(27)28-2-1-26)3-9(12)15-14-16(29-25-17(14)21)11(7-22-15)8-5-23-24-6-8/h3-7,26H,1-2,20H2,(H2,21,25)(H,23,24). The molecule has 0 spiro atoms. The Morgan fingerprint density at radius 2 is 2.10 bits per heavy atom. The molecule has 0 aliphatic heterocycles. The number of nitrogens with one attached hydrogen (secondary N) is 1. The maximum atomic E-state index is 14.8. The van der Waals surface area contributed by atoms with Gasteiger partial charge in [-0.15, -0.1) is 0 Å². The lowest BCUT2D eigenvalue weighted by Crippen LogP contribution is -2.12. The fourth-order valence-corrected chi connectivity index (χ4v) is 2.94. The molecule has 11 heteroatoms. The molecule has 0 aliphatic carbocycles. The van der Waals surface area contributed by atoms with Crippen LogP contribution in [0.25, 0.3) is 33.4 Å². The number of ether oxygens (including phenoxy) is 1. The average Bonchev–Trinajstić information content (AvgIpc) is 3.36. The second-order valence-electron chi connectivity index (χ2n) is 6.06. The van der Waals surface area contributed by atoms with Crippen LogP contribution in [0.5, 0.6) is 0 Å². The molecule has 3 heterocycles. The van der Waals surface area contributed by atoms with Gasteiger partial charge in [0.1, 0.15) is 12.4 Å². The number of hydrogen-bond donors (Lipinski definition) is 4. The molecule has 4 aromatic rings. The molecule has 0 saturated heterocycles. The first-order valence-electron chi connectivity index (χ1n) is 8.41. The maximum Gasteiger partial charge on any atom is 0.340 e. The number of nitrogen functional groups attached to an aromatic ring is 2. The largest absolute Gasteiger partial charge is 0.460 e. The Bertz CT molecular complexity index is 1210. The first kappa shape index (κ1) is 18.4. The third-order valence-electron chi connectivity index (χ3n) is 4.27. The summed E-state index contributed by atoms with van der Waals surface area (Å²) in [4.78, 5) is 16.5. The lowest BCUT2D eigenvalue weighted by Gasteiger charge is -2.11. The van der Waals surface area contributed by atoms with Gasteiger partial charge in [0.2, 0.25) is 0 Å². The van der Waals surface area contributed by atoms with Crippen molar-refractivity contribution in [1.29, 1.82) is 0 Å². The number of aliphatic hydroxyl groups excluding tert-OH is 1. The van der Waals surface area contributed by atoms with Crippen LogP contribution in [-0.2, 0) is 4.74 Å². The highest BCUT2D eigenvalue weighted by Crippen LogP contribution is 2.38. The third kappa shape index (κ3) is 3.12. The van der Waals surface area contributed by atoms with Crippen molar-refractivity contribution in [3.05, 3.63) is 42.1 Å². The van der Waals surface area contributed by atoms with Crippen molar-refractivity contribution >= 4 is 28.4 Å². The second kappa shape index (κ2) is 7.20. The SMILES string of the molecule is Nc1cc(F)c(-c2ncc(-c3cn[nH]c3)c3onc(N)c23)cc1C(=O)OCCO. The summed E-state index contributed by atoms with van der Waals surface area (Å²) in [6, 6.07) is 2.21. The number of aliphatic hydroxyl groups is 1. The van der Waals surface area contributed by atoms with E-state index in [1.165, 1.54) is 12.3 Å². The highest BCUT2D eigenvalue weighted by Gasteiger charge is 2.23. The quantitative estimate of drug-likeness (QED) is 0.289. The average molecular weight is 398 g/mol. The Balaban J connectivity index is 1.90. The van der Waals surface area contributed by atoms with Crippen LogP contribution in [0.1, 0.15) is 10.4 Å². The topological polar surface area (TPSA) is 166 Å². The molecule has 0 aliphatic rings. The molecule has 0 unspecified atom stereocenters. The van der Waals surface area contributed by atoms with Crippen LogP contribution in [0.2, 0.25) is 0 Å². The highest BCUT2D eigenvalue weighted by atomic mass is 19.1. The zero-order valence-corrected chi connectivity index (χ0v) is 14.8. The number of anilines is 2. The van der Waals surface area contributed by atoms with Crippen molar-refractivity contribution < 1.29 is 23.6 Å². The molecule has 0 amide bonds. The van der Waals surface area contributed by atoms with E-state index in [1.54, 1.807) is 12.4 Å². The minimum absolute atomic E-state index is 0.00785. The summed E-state index contributed by atoms with van der Waals surface area (Å²) in [6.07, 6.45) is 4.66. The van der Waals surface area contributed by atoms with Gasteiger partial charge in [0, 0.05) is 34.8 Å². The molecule has 6 N–H and O–H groups in total. The molecule has 29 heavy (non-hydrogen) atoms. The van der Waals surface area contributed by atoms with Gasteiger partial charge < -0.3 is 25.8 Å².